The number of hydrogen-bond donors (Lipinski definition) is 1. The van der Waals surface area contributed by atoms with Gasteiger partial charge in [-0.15, -0.1) is 10.2 Å². The Morgan fingerprint density at radius 1 is 1.22 bits per heavy atom. The summed E-state index contributed by atoms with van der Waals surface area (Å²) in [5.74, 6) is 0.481. The summed E-state index contributed by atoms with van der Waals surface area (Å²) in [6, 6.07) is 16.2. The van der Waals surface area contributed by atoms with Crippen molar-refractivity contribution in [2.45, 2.75) is 17.3 Å². The van der Waals surface area contributed by atoms with Gasteiger partial charge < -0.3 is 9.88 Å². The Morgan fingerprint density at radius 3 is 2.59 bits per heavy atom. The molecule has 0 bridgehead atoms. The van der Waals surface area contributed by atoms with Crippen molar-refractivity contribution >= 4 is 35.0 Å². The van der Waals surface area contributed by atoms with E-state index in [1.165, 1.54) is 11.8 Å². The van der Waals surface area contributed by atoms with E-state index >= 15 is 0 Å². The molecule has 0 aliphatic heterocycles. The fourth-order valence-corrected chi connectivity index (χ4v) is 3.41. The second-order valence-electron chi connectivity index (χ2n) is 5.78. The highest BCUT2D eigenvalue weighted by atomic mass is 35.5. The summed E-state index contributed by atoms with van der Waals surface area (Å²) in [5, 5.41) is 20.9. The number of nitrogens with zero attached hydrogens (tertiary/aromatic N) is 4. The first-order chi connectivity index (χ1) is 13.0. The quantitative estimate of drug-likeness (QED) is 0.654. The molecule has 0 spiro atoms. The molecule has 136 valence electrons. The summed E-state index contributed by atoms with van der Waals surface area (Å²) in [4.78, 5) is 12.4. The molecule has 3 rings (SSSR count). The number of nitrogens with one attached hydrogen (secondary N) is 1. The first-order valence-electron chi connectivity index (χ1n) is 8.11. The molecule has 1 atom stereocenters. The summed E-state index contributed by atoms with van der Waals surface area (Å²) < 4.78 is 1.82. The van der Waals surface area contributed by atoms with Crippen LogP contribution in [0.3, 0.4) is 0 Å². The molecule has 0 aliphatic carbocycles. The van der Waals surface area contributed by atoms with E-state index in [-0.39, 0.29) is 11.2 Å². The summed E-state index contributed by atoms with van der Waals surface area (Å²) in [6.07, 6.45) is 0. The van der Waals surface area contributed by atoms with Crippen LogP contribution >= 0.6 is 23.4 Å². The average Bonchev–Trinajstić information content (AvgIpc) is 3.03. The number of anilines is 1. The SMILES string of the molecule is C[C@H](Sc1nnc(-c2ccccc2Cl)n1C)C(=O)Nc1ccc(C#N)cc1. The van der Waals surface area contributed by atoms with Crippen LogP contribution in [0.2, 0.25) is 5.02 Å². The van der Waals surface area contributed by atoms with E-state index in [9.17, 15) is 4.79 Å². The fourth-order valence-electron chi connectivity index (χ4n) is 2.38. The number of carbonyl (C=O) groups excluding carboxylic acids is 1. The zero-order valence-corrected chi connectivity index (χ0v) is 16.3. The van der Waals surface area contributed by atoms with E-state index in [1.807, 2.05) is 35.9 Å². The van der Waals surface area contributed by atoms with Crippen molar-refractivity contribution in [3.05, 3.63) is 59.1 Å². The Morgan fingerprint density at radius 2 is 1.93 bits per heavy atom. The van der Waals surface area contributed by atoms with Crippen LogP contribution in [-0.2, 0) is 11.8 Å². The topological polar surface area (TPSA) is 83.6 Å². The second kappa shape index (κ2) is 8.25. The van der Waals surface area contributed by atoms with Crippen LogP contribution in [0.15, 0.2) is 53.7 Å². The van der Waals surface area contributed by atoms with Crippen LogP contribution < -0.4 is 5.32 Å². The van der Waals surface area contributed by atoms with Crippen molar-refractivity contribution in [2.24, 2.45) is 7.05 Å². The van der Waals surface area contributed by atoms with Gasteiger partial charge in [0.15, 0.2) is 11.0 Å². The van der Waals surface area contributed by atoms with Gasteiger partial charge in [-0.3, -0.25) is 4.79 Å². The minimum Gasteiger partial charge on any atom is -0.325 e. The second-order valence-corrected chi connectivity index (χ2v) is 7.50. The van der Waals surface area contributed by atoms with Crippen LogP contribution in [0.4, 0.5) is 5.69 Å². The van der Waals surface area contributed by atoms with E-state index < -0.39 is 0 Å². The molecule has 0 unspecified atom stereocenters. The van der Waals surface area contributed by atoms with E-state index in [4.69, 9.17) is 16.9 Å². The number of benzene rings is 2. The lowest BCUT2D eigenvalue weighted by Gasteiger charge is -2.12. The maximum absolute atomic E-state index is 12.4. The van der Waals surface area contributed by atoms with Crippen molar-refractivity contribution in [3.63, 3.8) is 0 Å². The molecule has 3 aromatic rings. The van der Waals surface area contributed by atoms with Crippen LogP contribution in [0.1, 0.15) is 12.5 Å². The number of aromatic nitrogens is 3. The molecule has 0 saturated heterocycles. The van der Waals surface area contributed by atoms with Crippen molar-refractivity contribution in [1.29, 1.82) is 5.26 Å². The third-order valence-electron chi connectivity index (χ3n) is 3.88. The summed E-state index contributed by atoms with van der Waals surface area (Å²) in [7, 11) is 1.84. The van der Waals surface area contributed by atoms with Crippen LogP contribution in [0.5, 0.6) is 0 Å². The largest absolute Gasteiger partial charge is 0.325 e. The number of halogens is 1. The Hall–Kier alpha value is -2.82. The number of amides is 1. The Bertz CT molecular complexity index is 1010. The zero-order chi connectivity index (χ0) is 19.4. The van der Waals surface area contributed by atoms with Gasteiger partial charge in [0.05, 0.1) is 21.9 Å². The zero-order valence-electron chi connectivity index (χ0n) is 14.7. The molecule has 27 heavy (non-hydrogen) atoms. The van der Waals surface area contributed by atoms with Crippen molar-refractivity contribution in [2.75, 3.05) is 5.32 Å². The maximum Gasteiger partial charge on any atom is 0.237 e. The predicted octanol–water partition coefficient (Wildman–Crippen LogP) is 4.13. The molecule has 0 fully saturated rings. The van der Waals surface area contributed by atoms with E-state index in [2.05, 4.69) is 15.5 Å². The molecule has 2 aromatic carbocycles. The molecule has 0 aliphatic rings. The molecule has 0 radical (unpaired) electrons. The van der Waals surface area contributed by atoms with Crippen molar-refractivity contribution in [1.82, 2.24) is 14.8 Å². The average molecular weight is 398 g/mol. The lowest BCUT2D eigenvalue weighted by atomic mass is 10.2. The van der Waals surface area contributed by atoms with Gasteiger partial charge in [-0.2, -0.15) is 5.26 Å². The van der Waals surface area contributed by atoms with Crippen molar-refractivity contribution < 1.29 is 4.79 Å². The minimum absolute atomic E-state index is 0.160. The predicted molar refractivity (Wildman–Crippen MR) is 107 cm³/mol. The van der Waals surface area contributed by atoms with E-state index in [1.54, 1.807) is 37.3 Å². The third-order valence-corrected chi connectivity index (χ3v) is 5.35. The van der Waals surface area contributed by atoms with Crippen LogP contribution in [0.25, 0.3) is 11.4 Å². The van der Waals surface area contributed by atoms with E-state index in [0.717, 1.165) is 5.56 Å². The summed E-state index contributed by atoms with van der Waals surface area (Å²) in [6.45, 7) is 1.80. The number of carbonyl (C=O) groups is 1. The highest BCUT2D eigenvalue weighted by molar-refractivity contribution is 8.00. The molecule has 0 saturated carbocycles. The minimum atomic E-state index is -0.386. The highest BCUT2D eigenvalue weighted by Gasteiger charge is 2.20. The van der Waals surface area contributed by atoms with Gasteiger partial charge in [0.25, 0.3) is 0 Å². The maximum atomic E-state index is 12.4. The Balaban J connectivity index is 1.70. The molecule has 8 heteroatoms. The molecule has 1 N–H and O–H groups in total. The number of thioether (sulfide) groups is 1. The number of hydrogen-bond acceptors (Lipinski definition) is 5. The first-order valence-corrected chi connectivity index (χ1v) is 9.37. The molecule has 1 aromatic heterocycles. The molecular weight excluding hydrogens is 382 g/mol. The van der Waals surface area contributed by atoms with Gasteiger partial charge in [0, 0.05) is 18.3 Å². The molecule has 6 nitrogen and oxygen atoms in total. The van der Waals surface area contributed by atoms with Crippen LogP contribution in [0, 0.1) is 11.3 Å². The first kappa shape index (κ1) is 19.0. The van der Waals surface area contributed by atoms with Gasteiger partial charge in [-0.05, 0) is 43.3 Å². The Labute approximate surface area is 166 Å². The lowest BCUT2D eigenvalue weighted by molar-refractivity contribution is -0.115. The molecular formula is C19H16ClN5OS. The highest BCUT2D eigenvalue weighted by Crippen LogP contribution is 2.29. The third kappa shape index (κ3) is 4.30. The standard InChI is InChI=1S/C19H16ClN5OS/c1-12(18(26)22-14-9-7-13(11-21)8-10-14)27-19-24-23-17(25(19)2)15-5-3-4-6-16(15)20/h3-10,12H,1-2H3,(H,22,26)/t12-/m0/s1. The smallest absolute Gasteiger partial charge is 0.237 e. The van der Waals surface area contributed by atoms with Crippen LogP contribution in [-0.4, -0.2) is 25.9 Å². The van der Waals surface area contributed by atoms with Gasteiger partial charge >= 0.3 is 0 Å². The number of nitriles is 1. The van der Waals surface area contributed by atoms with Crippen molar-refractivity contribution in [3.8, 4) is 17.5 Å². The van der Waals surface area contributed by atoms with Gasteiger partial charge in [-0.1, -0.05) is 35.5 Å². The number of rotatable bonds is 5. The normalized spacial score (nSPS) is 11.6. The van der Waals surface area contributed by atoms with E-state index in [0.29, 0.717) is 27.3 Å². The molecule has 1 amide bonds. The Kier molecular flexibility index (Phi) is 5.79. The summed E-state index contributed by atoms with van der Waals surface area (Å²) in [5.41, 5.74) is 1.97. The fraction of sp³-hybridized carbons (Fsp3) is 0.158. The monoisotopic (exact) mass is 397 g/mol. The molecule has 1 heterocycles. The lowest BCUT2D eigenvalue weighted by Crippen LogP contribution is -2.22. The van der Waals surface area contributed by atoms with Gasteiger partial charge in [-0.25, -0.2) is 0 Å². The van der Waals surface area contributed by atoms with Gasteiger partial charge in [0.1, 0.15) is 0 Å². The van der Waals surface area contributed by atoms with Gasteiger partial charge in [0.2, 0.25) is 5.91 Å². The summed E-state index contributed by atoms with van der Waals surface area (Å²) >= 11 is 7.54.